The van der Waals surface area contributed by atoms with Gasteiger partial charge in [0.2, 0.25) is 0 Å². The first kappa shape index (κ1) is 20.1. The van der Waals surface area contributed by atoms with Gasteiger partial charge in [-0.2, -0.15) is 0 Å². The van der Waals surface area contributed by atoms with Gasteiger partial charge >= 0.3 is 0 Å². The van der Waals surface area contributed by atoms with Crippen molar-refractivity contribution in [3.63, 3.8) is 0 Å². The molecule has 0 N–H and O–H groups in total. The minimum absolute atomic E-state index is 0.0305. The number of fused-ring (bicyclic) bond motifs is 1. The summed E-state index contributed by atoms with van der Waals surface area (Å²) in [7, 11) is 1.88. The smallest absolute Gasteiger partial charge is 0.270 e. The first-order valence-electron chi connectivity index (χ1n) is 9.82. The number of morpholine rings is 1. The number of benzene rings is 2. The van der Waals surface area contributed by atoms with Crippen LogP contribution < -0.4 is 4.74 Å². The zero-order chi connectivity index (χ0) is 21.3. The van der Waals surface area contributed by atoms with E-state index >= 15 is 0 Å². The van der Waals surface area contributed by atoms with Crippen LogP contribution in [0.4, 0.5) is 4.39 Å². The van der Waals surface area contributed by atoms with E-state index in [0.717, 1.165) is 10.9 Å². The van der Waals surface area contributed by atoms with Gasteiger partial charge < -0.3 is 18.9 Å². The highest BCUT2D eigenvalue weighted by Crippen LogP contribution is 2.21. The van der Waals surface area contributed by atoms with Crippen LogP contribution in [0, 0.1) is 5.82 Å². The Labute approximate surface area is 173 Å². The van der Waals surface area contributed by atoms with Crippen molar-refractivity contribution in [3.8, 4) is 5.75 Å². The van der Waals surface area contributed by atoms with E-state index in [1.807, 2.05) is 41.9 Å². The Morgan fingerprint density at radius 3 is 2.73 bits per heavy atom. The predicted octanol–water partition coefficient (Wildman–Crippen LogP) is 3.44. The van der Waals surface area contributed by atoms with Gasteiger partial charge in [-0.25, -0.2) is 4.39 Å². The molecule has 0 spiro atoms. The van der Waals surface area contributed by atoms with Crippen LogP contribution >= 0.6 is 0 Å². The molecule has 156 valence electrons. The van der Waals surface area contributed by atoms with Crippen LogP contribution in [0.3, 0.4) is 0 Å². The number of Topliss-reactive ketones (excluding diaryl/α,β-unsaturated/α-hetero) is 1. The van der Waals surface area contributed by atoms with Crippen molar-refractivity contribution in [2.75, 3.05) is 26.3 Å². The summed E-state index contributed by atoms with van der Waals surface area (Å²) in [5.41, 5.74) is 1.66. The number of halogens is 1. The number of hydrogen-bond donors (Lipinski definition) is 0. The molecule has 1 unspecified atom stereocenters. The number of carbonyl (C=O) groups excluding carboxylic acids is 2. The van der Waals surface area contributed by atoms with E-state index in [4.69, 9.17) is 9.47 Å². The van der Waals surface area contributed by atoms with E-state index in [1.165, 1.54) is 19.1 Å². The second-order valence-electron chi connectivity index (χ2n) is 7.40. The summed E-state index contributed by atoms with van der Waals surface area (Å²) in [6.07, 6.45) is -0.326. The first-order valence-corrected chi connectivity index (χ1v) is 9.82. The molecular weight excluding hydrogens is 387 g/mol. The van der Waals surface area contributed by atoms with Crippen molar-refractivity contribution in [1.82, 2.24) is 9.47 Å². The van der Waals surface area contributed by atoms with Gasteiger partial charge in [0.05, 0.1) is 18.7 Å². The monoisotopic (exact) mass is 410 g/mol. The number of ether oxygens (including phenoxy) is 2. The second-order valence-corrected chi connectivity index (χ2v) is 7.40. The first-order chi connectivity index (χ1) is 14.4. The molecule has 0 aliphatic carbocycles. The molecule has 30 heavy (non-hydrogen) atoms. The number of amides is 1. The fourth-order valence-electron chi connectivity index (χ4n) is 3.72. The largest absolute Gasteiger partial charge is 0.491 e. The SMILES string of the molecule is CC(=O)c1ccc(OCC2CN(C(=O)c3cc4ccccc4n3C)CCO2)cc1F. The molecule has 1 amide bonds. The normalized spacial score (nSPS) is 16.6. The summed E-state index contributed by atoms with van der Waals surface area (Å²) >= 11 is 0. The Morgan fingerprint density at radius 1 is 1.20 bits per heavy atom. The van der Waals surface area contributed by atoms with Crippen LogP contribution in [-0.2, 0) is 11.8 Å². The minimum atomic E-state index is -0.614. The molecule has 0 bridgehead atoms. The van der Waals surface area contributed by atoms with Crippen molar-refractivity contribution in [1.29, 1.82) is 0 Å². The third-order valence-corrected chi connectivity index (χ3v) is 5.35. The van der Waals surface area contributed by atoms with E-state index in [2.05, 4.69) is 0 Å². The Morgan fingerprint density at radius 2 is 2.00 bits per heavy atom. The van der Waals surface area contributed by atoms with Gasteiger partial charge in [-0.1, -0.05) is 18.2 Å². The molecule has 1 fully saturated rings. The van der Waals surface area contributed by atoms with Crippen molar-refractivity contribution in [2.45, 2.75) is 13.0 Å². The number of para-hydroxylation sites is 1. The zero-order valence-electron chi connectivity index (χ0n) is 16.9. The standard InChI is InChI=1S/C23H23FN2O4/c1-15(27)19-8-7-17(12-20(19)24)30-14-18-13-26(9-10-29-18)23(28)22-11-16-5-3-4-6-21(16)25(22)2/h3-8,11-12,18H,9-10,13-14H2,1-2H3. The molecule has 4 rings (SSSR count). The Balaban J connectivity index is 1.41. The van der Waals surface area contributed by atoms with Gasteiger partial charge in [0.15, 0.2) is 5.78 Å². The molecule has 6 nitrogen and oxygen atoms in total. The zero-order valence-corrected chi connectivity index (χ0v) is 16.9. The molecule has 1 aliphatic heterocycles. The fraction of sp³-hybridized carbons (Fsp3) is 0.304. The average Bonchev–Trinajstić information content (AvgIpc) is 3.08. The van der Waals surface area contributed by atoms with Crippen LogP contribution in [0.5, 0.6) is 5.75 Å². The number of nitrogens with zero attached hydrogens (tertiary/aromatic N) is 2. The Kier molecular flexibility index (Phi) is 5.55. The molecular formula is C23H23FN2O4. The highest BCUT2D eigenvalue weighted by atomic mass is 19.1. The molecule has 1 aliphatic rings. The van der Waals surface area contributed by atoms with Gasteiger partial charge in [0.1, 0.15) is 30.0 Å². The van der Waals surface area contributed by atoms with E-state index in [0.29, 0.717) is 31.1 Å². The summed E-state index contributed by atoms with van der Waals surface area (Å²) in [6, 6.07) is 13.9. The quantitative estimate of drug-likeness (QED) is 0.605. The van der Waals surface area contributed by atoms with Gasteiger partial charge in [0.25, 0.3) is 5.91 Å². The second kappa shape index (κ2) is 8.28. The third-order valence-electron chi connectivity index (χ3n) is 5.35. The molecule has 2 aromatic carbocycles. The maximum Gasteiger partial charge on any atom is 0.270 e. The van der Waals surface area contributed by atoms with Crippen molar-refractivity contribution in [3.05, 3.63) is 65.6 Å². The van der Waals surface area contributed by atoms with Crippen molar-refractivity contribution < 1.29 is 23.5 Å². The molecule has 0 saturated carbocycles. The predicted molar refractivity (Wildman–Crippen MR) is 110 cm³/mol. The highest BCUT2D eigenvalue weighted by molar-refractivity contribution is 5.98. The molecule has 3 aromatic rings. The number of rotatable bonds is 5. The Bertz CT molecular complexity index is 1110. The number of hydrogen-bond acceptors (Lipinski definition) is 4. The van der Waals surface area contributed by atoms with Gasteiger partial charge in [-0.3, -0.25) is 9.59 Å². The van der Waals surface area contributed by atoms with Crippen molar-refractivity contribution >= 4 is 22.6 Å². The van der Waals surface area contributed by atoms with Crippen LogP contribution in [-0.4, -0.2) is 53.6 Å². The van der Waals surface area contributed by atoms with E-state index < -0.39 is 5.82 Å². The maximum atomic E-state index is 14.0. The lowest BCUT2D eigenvalue weighted by Gasteiger charge is -2.33. The number of aryl methyl sites for hydroxylation is 1. The van der Waals surface area contributed by atoms with Gasteiger partial charge in [-0.15, -0.1) is 0 Å². The summed E-state index contributed by atoms with van der Waals surface area (Å²) < 4.78 is 27.2. The highest BCUT2D eigenvalue weighted by Gasteiger charge is 2.27. The lowest BCUT2D eigenvalue weighted by atomic mass is 10.1. The summed E-state index contributed by atoms with van der Waals surface area (Å²) in [5, 5.41) is 1.02. The Hall–Kier alpha value is -3.19. The van der Waals surface area contributed by atoms with Crippen LogP contribution in [0.1, 0.15) is 27.8 Å². The molecule has 7 heteroatoms. The number of aromatic nitrogens is 1. The molecule has 1 atom stereocenters. The third kappa shape index (κ3) is 3.93. The molecule has 2 heterocycles. The lowest BCUT2D eigenvalue weighted by molar-refractivity contribution is -0.0403. The number of carbonyl (C=O) groups is 2. The number of ketones is 1. The summed E-state index contributed by atoms with van der Waals surface area (Å²) in [5.74, 6) is -0.689. The summed E-state index contributed by atoms with van der Waals surface area (Å²) in [4.78, 5) is 26.2. The lowest BCUT2D eigenvalue weighted by Crippen LogP contribution is -2.48. The van der Waals surface area contributed by atoms with Crippen LogP contribution in [0.25, 0.3) is 10.9 Å². The maximum absolute atomic E-state index is 14.0. The van der Waals surface area contributed by atoms with Crippen LogP contribution in [0.2, 0.25) is 0 Å². The van der Waals surface area contributed by atoms with Crippen molar-refractivity contribution in [2.24, 2.45) is 7.05 Å². The fourth-order valence-corrected chi connectivity index (χ4v) is 3.72. The van der Waals surface area contributed by atoms with E-state index in [-0.39, 0.29) is 30.0 Å². The average molecular weight is 410 g/mol. The van der Waals surface area contributed by atoms with E-state index in [9.17, 15) is 14.0 Å². The minimum Gasteiger partial charge on any atom is -0.491 e. The molecule has 1 saturated heterocycles. The van der Waals surface area contributed by atoms with Gasteiger partial charge in [-0.05, 0) is 31.2 Å². The molecule has 0 radical (unpaired) electrons. The van der Waals surface area contributed by atoms with Crippen LogP contribution in [0.15, 0.2) is 48.5 Å². The van der Waals surface area contributed by atoms with E-state index in [1.54, 1.807) is 11.0 Å². The van der Waals surface area contributed by atoms with Gasteiger partial charge in [0, 0.05) is 30.6 Å². The summed E-state index contributed by atoms with van der Waals surface area (Å²) in [6.45, 7) is 2.78. The molecule has 1 aromatic heterocycles. The topological polar surface area (TPSA) is 60.8 Å².